The van der Waals surface area contributed by atoms with Gasteiger partial charge in [-0.1, -0.05) is 17.7 Å². The molecule has 106 valence electrons. The Morgan fingerprint density at radius 2 is 2.32 bits per heavy atom. The molecule has 1 aliphatic heterocycles. The van der Waals surface area contributed by atoms with Crippen LogP contribution in [0.4, 0.5) is 0 Å². The fraction of sp³-hybridized carbons (Fsp3) is 0.643. The molecule has 1 aliphatic rings. The van der Waals surface area contributed by atoms with Crippen LogP contribution in [0.15, 0.2) is 18.3 Å². The van der Waals surface area contributed by atoms with Crippen molar-refractivity contribution in [1.82, 2.24) is 9.88 Å². The lowest BCUT2D eigenvalue weighted by Gasteiger charge is -2.16. The third kappa shape index (κ3) is 5.07. The van der Waals surface area contributed by atoms with E-state index in [-0.39, 0.29) is 0 Å². The van der Waals surface area contributed by atoms with Crippen LogP contribution in [-0.2, 0) is 16.0 Å². The first-order chi connectivity index (χ1) is 9.28. The van der Waals surface area contributed by atoms with Gasteiger partial charge in [0.25, 0.3) is 0 Å². The maximum Gasteiger partial charge on any atom is 0.129 e. The van der Waals surface area contributed by atoms with Crippen molar-refractivity contribution in [2.24, 2.45) is 5.92 Å². The number of methoxy groups -OCH3 is 1. The largest absolute Gasteiger partial charge is 0.382 e. The van der Waals surface area contributed by atoms with E-state index in [1.54, 1.807) is 7.11 Å². The standard InChI is InChI=1S/C14H21ClN2O2/c1-18-6-7-19-11-13-4-5-17(10-13)9-12-2-3-14(15)16-8-12/h2-3,8,13H,4-7,9-11H2,1H3. The number of aromatic nitrogens is 1. The Morgan fingerprint density at radius 1 is 1.42 bits per heavy atom. The Hall–Kier alpha value is -0.680. The van der Waals surface area contributed by atoms with E-state index in [0.717, 1.165) is 26.2 Å². The molecule has 19 heavy (non-hydrogen) atoms. The summed E-state index contributed by atoms with van der Waals surface area (Å²) in [5, 5.41) is 0.551. The Kier molecular flexibility index (Phi) is 6.04. The molecule has 4 nitrogen and oxygen atoms in total. The number of halogens is 1. The van der Waals surface area contributed by atoms with E-state index in [0.29, 0.717) is 24.3 Å². The van der Waals surface area contributed by atoms with Crippen molar-refractivity contribution >= 4 is 11.6 Å². The van der Waals surface area contributed by atoms with E-state index in [1.165, 1.54) is 12.0 Å². The van der Waals surface area contributed by atoms with E-state index in [2.05, 4.69) is 9.88 Å². The van der Waals surface area contributed by atoms with Crippen molar-refractivity contribution in [2.45, 2.75) is 13.0 Å². The first kappa shape index (κ1) is 14.7. The Balaban J connectivity index is 1.68. The third-order valence-electron chi connectivity index (χ3n) is 3.35. The molecule has 5 heteroatoms. The van der Waals surface area contributed by atoms with E-state index in [1.807, 2.05) is 18.3 Å². The molecule has 2 rings (SSSR count). The zero-order valence-electron chi connectivity index (χ0n) is 11.3. The van der Waals surface area contributed by atoms with Gasteiger partial charge in [0.2, 0.25) is 0 Å². The van der Waals surface area contributed by atoms with Crippen LogP contribution < -0.4 is 0 Å². The highest BCUT2D eigenvalue weighted by molar-refractivity contribution is 6.29. The molecule has 0 bridgehead atoms. The van der Waals surface area contributed by atoms with Crippen molar-refractivity contribution in [1.29, 1.82) is 0 Å². The maximum absolute atomic E-state index is 5.78. The number of likely N-dealkylation sites (tertiary alicyclic amines) is 1. The SMILES string of the molecule is COCCOCC1CCN(Cc2ccc(Cl)nc2)C1. The molecule has 1 aromatic rings. The molecule has 0 radical (unpaired) electrons. The highest BCUT2D eigenvalue weighted by Crippen LogP contribution is 2.19. The van der Waals surface area contributed by atoms with E-state index < -0.39 is 0 Å². The lowest BCUT2D eigenvalue weighted by molar-refractivity contribution is 0.0525. The summed E-state index contributed by atoms with van der Waals surface area (Å²) in [6.45, 7) is 5.36. The first-order valence-corrected chi connectivity index (χ1v) is 7.05. The van der Waals surface area contributed by atoms with Gasteiger partial charge in [-0.15, -0.1) is 0 Å². The second kappa shape index (κ2) is 7.80. The van der Waals surface area contributed by atoms with Gasteiger partial charge in [-0.05, 0) is 30.5 Å². The van der Waals surface area contributed by atoms with Crippen molar-refractivity contribution < 1.29 is 9.47 Å². The number of hydrogen-bond acceptors (Lipinski definition) is 4. The smallest absolute Gasteiger partial charge is 0.129 e. The highest BCUT2D eigenvalue weighted by atomic mass is 35.5. The van der Waals surface area contributed by atoms with Crippen LogP contribution in [0.3, 0.4) is 0 Å². The minimum absolute atomic E-state index is 0.551. The zero-order chi connectivity index (χ0) is 13.5. The van der Waals surface area contributed by atoms with Gasteiger partial charge in [0.1, 0.15) is 5.15 Å². The molecule has 1 saturated heterocycles. The van der Waals surface area contributed by atoms with Crippen LogP contribution in [0.1, 0.15) is 12.0 Å². The number of pyridine rings is 1. The molecular formula is C14H21ClN2O2. The van der Waals surface area contributed by atoms with E-state index >= 15 is 0 Å². The molecule has 1 unspecified atom stereocenters. The van der Waals surface area contributed by atoms with Gasteiger partial charge >= 0.3 is 0 Å². The molecule has 1 fully saturated rings. The second-order valence-corrected chi connectivity index (χ2v) is 5.33. The van der Waals surface area contributed by atoms with Crippen LogP contribution in [0.2, 0.25) is 5.15 Å². The lowest BCUT2D eigenvalue weighted by Crippen LogP contribution is -2.21. The Labute approximate surface area is 119 Å². The second-order valence-electron chi connectivity index (χ2n) is 4.95. The Morgan fingerprint density at radius 3 is 3.05 bits per heavy atom. The molecule has 0 saturated carbocycles. The van der Waals surface area contributed by atoms with Crippen LogP contribution in [-0.4, -0.2) is 49.9 Å². The topological polar surface area (TPSA) is 34.6 Å². The van der Waals surface area contributed by atoms with Crippen LogP contribution in [0.25, 0.3) is 0 Å². The third-order valence-corrected chi connectivity index (χ3v) is 3.57. The predicted molar refractivity (Wildman–Crippen MR) is 75.3 cm³/mol. The molecule has 1 atom stereocenters. The molecule has 0 N–H and O–H groups in total. The summed E-state index contributed by atoms with van der Waals surface area (Å²) in [5.74, 6) is 0.636. The summed E-state index contributed by atoms with van der Waals surface area (Å²) >= 11 is 5.78. The quantitative estimate of drug-likeness (QED) is 0.568. The number of nitrogens with zero attached hydrogens (tertiary/aromatic N) is 2. The summed E-state index contributed by atoms with van der Waals surface area (Å²) in [4.78, 5) is 6.55. The zero-order valence-corrected chi connectivity index (χ0v) is 12.1. The molecule has 1 aromatic heterocycles. The van der Waals surface area contributed by atoms with Crippen molar-refractivity contribution in [2.75, 3.05) is 40.0 Å². The highest BCUT2D eigenvalue weighted by Gasteiger charge is 2.22. The summed E-state index contributed by atoms with van der Waals surface area (Å²) in [7, 11) is 1.70. The predicted octanol–water partition coefficient (Wildman–Crippen LogP) is 2.22. The van der Waals surface area contributed by atoms with Crippen molar-refractivity contribution in [3.63, 3.8) is 0 Å². The average molecular weight is 285 g/mol. The van der Waals surface area contributed by atoms with Gasteiger partial charge in [0, 0.05) is 26.4 Å². The fourth-order valence-corrected chi connectivity index (χ4v) is 2.45. The molecule has 0 aromatic carbocycles. The summed E-state index contributed by atoms with van der Waals surface area (Å²) in [6, 6.07) is 3.88. The number of rotatable bonds is 7. The number of ether oxygens (including phenoxy) is 2. The molecular weight excluding hydrogens is 264 g/mol. The van der Waals surface area contributed by atoms with Crippen LogP contribution in [0, 0.1) is 5.92 Å². The number of hydrogen-bond donors (Lipinski definition) is 0. The van der Waals surface area contributed by atoms with Gasteiger partial charge in [-0.25, -0.2) is 4.98 Å². The van der Waals surface area contributed by atoms with E-state index in [4.69, 9.17) is 21.1 Å². The first-order valence-electron chi connectivity index (χ1n) is 6.67. The molecule has 0 spiro atoms. The van der Waals surface area contributed by atoms with Crippen molar-refractivity contribution in [3.8, 4) is 0 Å². The molecule has 2 heterocycles. The summed E-state index contributed by atoms with van der Waals surface area (Å²) < 4.78 is 10.6. The maximum atomic E-state index is 5.78. The van der Waals surface area contributed by atoms with E-state index in [9.17, 15) is 0 Å². The average Bonchev–Trinajstić information content (AvgIpc) is 2.85. The summed E-state index contributed by atoms with van der Waals surface area (Å²) in [6.07, 6.45) is 3.05. The minimum Gasteiger partial charge on any atom is -0.382 e. The van der Waals surface area contributed by atoms with Crippen LogP contribution >= 0.6 is 11.6 Å². The molecule has 0 aliphatic carbocycles. The summed E-state index contributed by atoms with van der Waals surface area (Å²) in [5.41, 5.74) is 1.21. The minimum atomic E-state index is 0.551. The van der Waals surface area contributed by atoms with Gasteiger partial charge in [0.15, 0.2) is 0 Å². The van der Waals surface area contributed by atoms with Gasteiger partial charge in [-0.3, -0.25) is 4.90 Å². The molecule has 0 amide bonds. The monoisotopic (exact) mass is 284 g/mol. The fourth-order valence-electron chi connectivity index (χ4n) is 2.34. The van der Waals surface area contributed by atoms with Gasteiger partial charge in [-0.2, -0.15) is 0 Å². The van der Waals surface area contributed by atoms with Crippen molar-refractivity contribution in [3.05, 3.63) is 29.0 Å². The lowest BCUT2D eigenvalue weighted by atomic mass is 10.1. The van der Waals surface area contributed by atoms with Gasteiger partial charge < -0.3 is 9.47 Å². The van der Waals surface area contributed by atoms with Gasteiger partial charge in [0.05, 0.1) is 19.8 Å². The van der Waals surface area contributed by atoms with Crippen LogP contribution in [0.5, 0.6) is 0 Å². The normalized spacial score (nSPS) is 20.0. The Bertz CT molecular complexity index is 372.